The van der Waals surface area contributed by atoms with Crippen molar-refractivity contribution in [2.75, 3.05) is 11.5 Å². The Balaban J connectivity index is 1.56. The number of carbonyl (C=O) groups excluding carboxylic acids is 1. The second-order valence-electron chi connectivity index (χ2n) is 5.87. The number of nitrogens with one attached hydrogen (secondary N) is 1. The third kappa shape index (κ3) is 4.16. The third-order valence-corrected chi connectivity index (χ3v) is 5.81. The van der Waals surface area contributed by atoms with Crippen molar-refractivity contribution in [3.05, 3.63) is 48.0 Å². The van der Waals surface area contributed by atoms with Gasteiger partial charge in [0.05, 0.1) is 17.7 Å². The molecule has 3 rings (SSSR count). The summed E-state index contributed by atoms with van der Waals surface area (Å²) in [5, 5.41) is 6.21. The molecule has 0 radical (unpaired) electrons. The molecule has 0 unspecified atom stereocenters. The number of rotatable bonds is 4. The molecule has 1 saturated heterocycles. The van der Waals surface area contributed by atoms with Crippen LogP contribution in [0.15, 0.2) is 47.6 Å². The Hall–Kier alpha value is -2.21. The van der Waals surface area contributed by atoms with Crippen molar-refractivity contribution in [1.82, 2.24) is 5.43 Å². The highest BCUT2D eigenvalue weighted by Gasteiger charge is 2.29. The molecule has 0 bridgehead atoms. The summed E-state index contributed by atoms with van der Waals surface area (Å²) in [5.74, 6) is -0.0415. The molecule has 2 aromatic carbocycles. The lowest BCUT2D eigenvalue weighted by Gasteiger charge is -2.05. The van der Waals surface area contributed by atoms with Crippen molar-refractivity contribution < 1.29 is 13.2 Å². The fourth-order valence-electron chi connectivity index (χ4n) is 2.81. The minimum atomic E-state index is -2.94. The molecule has 0 aliphatic carbocycles. The monoisotopic (exact) mass is 330 g/mol. The Labute approximate surface area is 135 Å². The standard InChI is InChI=1S/C17H18N2O3S/c20-17(10-14-7-8-23(21,22)12-14)19-18-11-13-5-6-15-3-1-2-4-16(15)9-13/h1-6,9,11,14H,7-8,10,12H2,(H,19,20)/b18-11-/t14-/m1/s1. The van der Waals surface area contributed by atoms with E-state index in [1.165, 1.54) is 0 Å². The molecular formula is C17H18N2O3S. The van der Waals surface area contributed by atoms with Crippen LogP contribution in [-0.4, -0.2) is 32.0 Å². The molecule has 1 amide bonds. The van der Waals surface area contributed by atoms with E-state index < -0.39 is 9.84 Å². The molecule has 0 aromatic heterocycles. The molecule has 5 nitrogen and oxygen atoms in total. The van der Waals surface area contributed by atoms with Crippen molar-refractivity contribution in [3.63, 3.8) is 0 Å². The predicted octanol–water partition coefficient (Wildman–Crippen LogP) is 2.11. The SMILES string of the molecule is O=C(C[C@H]1CCS(=O)(=O)C1)N/N=C\c1ccc2ccccc2c1. The second-order valence-corrected chi connectivity index (χ2v) is 8.10. The third-order valence-electron chi connectivity index (χ3n) is 3.98. The van der Waals surface area contributed by atoms with Crippen LogP contribution < -0.4 is 5.43 Å². The fraction of sp³-hybridized carbons (Fsp3) is 0.294. The molecular weight excluding hydrogens is 312 g/mol. The second kappa shape index (κ2) is 6.50. The molecule has 23 heavy (non-hydrogen) atoms. The van der Waals surface area contributed by atoms with Crippen LogP contribution in [0.2, 0.25) is 0 Å². The minimum Gasteiger partial charge on any atom is -0.273 e. The van der Waals surface area contributed by atoms with E-state index >= 15 is 0 Å². The number of fused-ring (bicyclic) bond motifs is 1. The number of carbonyl (C=O) groups is 1. The average Bonchev–Trinajstić information content (AvgIpc) is 2.86. The Morgan fingerprint density at radius 2 is 2.00 bits per heavy atom. The van der Waals surface area contributed by atoms with Crippen LogP contribution in [0.5, 0.6) is 0 Å². The summed E-state index contributed by atoms with van der Waals surface area (Å²) >= 11 is 0. The Morgan fingerprint density at radius 1 is 1.22 bits per heavy atom. The normalized spacial score (nSPS) is 20.1. The van der Waals surface area contributed by atoms with Gasteiger partial charge in [0, 0.05) is 6.42 Å². The van der Waals surface area contributed by atoms with Gasteiger partial charge in [0.15, 0.2) is 9.84 Å². The number of hydrogen-bond acceptors (Lipinski definition) is 4. The van der Waals surface area contributed by atoms with Crippen molar-refractivity contribution in [1.29, 1.82) is 0 Å². The van der Waals surface area contributed by atoms with E-state index in [0.717, 1.165) is 16.3 Å². The van der Waals surface area contributed by atoms with E-state index in [2.05, 4.69) is 10.5 Å². The lowest BCUT2D eigenvalue weighted by Crippen LogP contribution is -2.21. The van der Waals surface area contributed by atoms with E-state index in [1.54, 1.807) is 6.21 Å². The van der Waals surface area contributed by atoms with Crippen LogP contribution >= 0.6 is 0 Å². The zero-order valence-corrected chi connectivity index (χ0v) is 13.4. The van der Waals surface area contributed by atoms with Crippen LogP contribution in [0.1, 0.15) is 18.4 Å². The Morgan fingerprint density at radius 3 is 2.74 bits per heavy atom. The topological polar surface area (TPSA) is 75.6 Å². The Kier molecular flexibility index (Phi) is 4.43. The zero-order chi connectivity index (χ0) is 16.3. The molecule has 0 saturated carbocycles. The number of hydrogen-bond donors (Lipinski definition) is 1. The summed E-state index contributed by atoms with van der Waals surface area (Å²) in [6.45, 7) is 0. The van der Waals surface area contributed by atoms with Crippen LogP contribution in [-0.2, 0) is 14.6 Å². The average molecular weight is 330 g/mol. The molecule has 1 aliphatic heterocycles. The summed E-state index contributed by atoms with van der Waals surface area (Å²) in [5.41, 5.74) is 3.36. The summed E-state index contributed by atoms with van der Waals surface area (Å²) in [7, 11) is -2.94. The van der Waals surface area contributed by atoms with E-state index in [9.17, 15) is 13.2 Å². The van der Waals surface area contributed by atoms with E-state index in [4.69, 9.17) is 0 Å². The zero-order valence-electron chi connectivity index (χ0n) is 12.6. The first-order valence-corrected chi connectivity index (χ1v) is 9.35. The van der Waals surface area contributed by atoms with Gasteiger partial charge in [-0.2, -0.15) is 5.10 Å². The van der Waals surface area contributed by atoms with Gasteiger partial charge in [-0.25, -0.2) is 13.8 Å². The van der Waals surface area contributed by atoms with Gasteiger partial charge >= 0.3 is 0 Å². The van der Waals surface area contributed by atoms with Gasteiger partial charge in [-0.1, -0.05) is 36.4 Å². The fourth-order valence-corrected chi connectivity index (χ4v) is 4.67. The summed E-state index contributed by atoms with van der Waals surface area (Å²) in [6.07, 6.45) is 2.36. The highest BCUT2D eigenvalue weighted by atomic mass is 32.2. The number of sulfone groups is 1. The van der Waals surface area contributed by atoms with Gasteiger partial charge in [-0.15, -0.1) is 0 Å². The molecule has 6 heteroatoms. The maximum absolute atomic E-state index is 11.8. The summed E-state index contributed by atoms with van der Waals surface area (Å²) in [4.78, 5) is 11.8. The largest absolute Gasteiger partial charge is 0.273 e. The molecule has 120 valence electrons. The highest BCUT2D eigenvalue weighted by molar-refractivity contribution is 7.91. The lowest BCUT2D eigenvalue weighted by molar-refractivity contribution is -0.121. The number of benzene rings is 2. The molecule has 0 spiro atoms. The predicted molar refractivity (Wildman–Crippen MR) is 91.1 cm³/mol. The van der Waals surface area contributed by atoms with E-state index in [0.29, 0.717) is 6.42 Å². The van der Waals surface area contributed by atoms with Gasteiger partial charge < -0.3 is 0 Å². The van der Waals surface area contributed by atoms with Crippen molar-refractivity contribution >= 4 is 32.7 Å². The summed E-state index contributed by atoms with van der Waals surface area (Å²) < 4.78 is 22.7. The molecule has 1 N–H and O–H groups in total. The van der Waals surface area contributed by atoms with Gasteiger partial charge in [-0.05, 0) is 34.7 Å². The quantitative estimate of drug-likeness (QED) is 0.689. The number of nitrogens with zero attached hydrogens (tertiary/aromatic N) is 1. The lowest BCUT2D eigenvalue weighted by atomic mass is 10.1. The number of hydrazone groups is 1. The van der Waals surface area contributed by atoms with Crippen LogP contribution in [0, 0.1) is 5.92 Å². The summed E-state index contributed by atoms with van der Waals surface area (Å²) in [6, 6.07) is 13.9. The first kappa shape index (κ1) is 15.7. The van der Waals surface area contributed by atoms with Crippen LogP contribution in [0.4, 0.5) is 0 Å². The van der Waals surface area contributed by atoms with Gasteiger partial charge in [0.2, 0.25) is 5.91 Å². The van der Waals surface area contributed by atoms with E-state index in [1.807, 2.05) is 42.5 Å². The first-order valence-electron chi connectivity index (χ1n) is 7.53. The maximum Gasteiger partial charge on any atom is 0.240 e. The van der Waals surface area contributed by atoms with Gasteiger partial charge in [0.25, 0.3) is 0 Å². The number of amides is 1. The molecule has 2 aromatic rings. The molecule has 1 atom stereocenters. The van der Waals surface area contributed by atoms with Crippen LogP contribution in [0.25, 0.3) is 10.8 Å². The van der Waals surface area contributed by atoms with Gasteiger partial charge in [0.1, 0.15) is 0 Å². The Bertz CT molecular complexity index is 859. The smallest absolute Gasteiger partial charge is 0.240 e. The van der Waals surface area contributed by atoms with Crippen molar-refractivity contribution in [3.8, 4) is 0 Å². The van der Waals surface area contributed by atoms with Crippen molar-refractivity contribution in [2.45, 2.75) is 12.8 Å². The molecule has 1 heterocycles. The van der Waals surface area contributed by atoms with E-state index in [-0.39, 0.29) is 29.8 Å². The molecule has 1 aliphatic rings. The van der Waals surface area contributed by atoms with Crippen LogP contribution in [0.3, 0.4) is 0 Å². The van der Waals surface area contributed by atoms with Gasteiger partial charge in [-0.3, -0.25) is 4.79 Å². The maximum atomic E-state index is 11.8. The van der Waals surface area contributed by atoms with Crippen molar-refractivity contribution in [2.24, 2.45) is 11.0 Å². The first-order chi connectivity index (χ1) is 11.0. The minimum absolute atomic E-state index is 0.0872. The highest BCUT2D eigenvalue weighted by Crippen LogP contribution is 2.21. The molecule has 1 fully saturated rings.